The molecule has 1 saturated carbocycles. The summed E-state index contributed by atoms with van der Waals surface area (Å²) in [6.45, 7) is 2.36. The molecule has 0 unspecified atom stereocenters. The molecule has 4 nitrogen and oxygen atoms in total. The molecule has 1 aliphatic carbocycles. The molecule has 2 rings (SSSR count). The Morgan fingerprint density at radius 3 is 2.62 bits per heavy atom. The summed E-state index contributed by atoms with van der Waals surface area (Å²) in [5.41, 5.74) is 0. The van der Waals surface area contributed by atoms with E-state index in [2.05, 4.69) is 10.6 Å². The van der Waals surface area contributed by atoms with E-state index in [1.54, 1.807) is 0 Å². The zero-order valence-corrected chi connectivity index (χ0v) is 7.71. The van der Waals surface area contributed by atoms with Crippen molar-refractivity contribution in [1.29, 1.82) is 0 Å². The number of rotatable bonds is 5. The fourth-order valence-electron chi connectivity index (χ4n) is 1.27. The second-order valence-corrected chi connectivity index (χ2v) is 3.78. The van der Waals surface area contributed by atoms with Crippen LogP contribution in [0.4, 0.5) is 0 Å². The van der Waals surface area contributed by atoms with Crippen molar-refractivity contribution in [3.63, 3.8) is 0 Å². The van der Waals surface area contributed by atoms with E-state index in [1.807, 2.05) is 0 Å². The van der Waals surface area contributed by atoms with Gasteiger partial charge in [0.1, 0.15) is 0 Å². The van der Waals surface area contributed by atoms with E-state index in [0.717, 1.165) is 32.6 Å². The van der Waals surface area contributed by atoms with E-state index in [9.17, 15) is 4.79 Å². The Hall–Kier alpha value is -0.610. The molecule has 0 aromatic carbocycles. The third kappa shape index (κ3) is 2.97. The summed E-state index contributed by atoms with van der Waals surface area (Å²) >= 11 is 0. The Morgan fingerprint density at radius 2 is 2.08 bits per heavy atom. The summed E-state index contributed by atoms with van der Waals surface area (Å²) in [4.78, 5) is 11.2. The van der Waals surface area contributed by atoms with Gasteiger partial charge in [0, 0.05) is 19.0 Å². The van der Waals surface area contributed by atoms with E-state index in [0.29, 0.717) is 18.5 Å². The third-order valence-corrected chi connectivity index (χ3v) is 2.37. The molecular weight excluding hydrogens is 168 g/mol. The van der Waals surface area contributed by atoms with Crippen LogP contribution in [0.2, 0.25) is 0 Å². The van der Waals surface area contributed by atoms with E-state index in [1.165, 1.54) is 0 Å². The van der Waals surface area contributed by atoms with Crippen molar-refractivity contribution in [2.24, 2.45) is 0 Å². The second-order valence-electron chi connectivity index (χ2n) is 3.78. The van der Waals surface area contributed by atoms with Gasteiger partial charge < -0.3 is 15.4 Å². The molecule has 0 aromatic heterocycles. The SMILES string of the molecule is O=C(CCNC1COC1)NC1CC1. The van der Waals surface area contributed by atoms with Gasteiger partial charge in [-0.1, -0.05) is 0 Å². The lowest BCUT2D eigenvalue weighted by atomic mass is 10.2. The fraction of sp³-hybridized carbons (Fsp3) is 0.889. The quantitative estimate of drug-likeness (QED) is 0.613. The number of ether oxygens (including phenoxy) is 1. The molecule has 1 saturated heterocycles. The van der Waals surface area contributed by atoms with Gasteiger partial charge >= 0.3 is 0 Å². The van der Waals surface area contributed by atoms with Gasteiger partial charge in [0.05, 0.1) is 19.3 Å². The molecule has 74 valence electrons. The van der Waals surface area contributed by atoms with Crippen molar-refractivity contribution in [2.45, 2.75) is 31.3 Å². The van der Waals surface area contributed by atoms with Crippen LogP contribution < -0.4 is 10.6 Å². The van der Waals surface area contributed by atoms with Gasteiger partial charge in [-0.25, -0.2) is 0 Å². The summed E-state index contributed by atoms with van der Waals surface area (Å²) in [6.07, 6.45) is 2.91. The molecule has 1 aliphatic heterocycles. The van der Waals surface area contributed by atoms with E-state index in [-0.39, 0.29) is 5.91 Å². The van der Waals surface area contributed by atoms with Gasteiger partial charge in [-0.15, -0.1) is 0 Å². The van der Waals surface area contributed by atoms with Crippen LogP contribution in [-0.2, 0) is 9.53 Å². The number of hydrogen-bond acceptors (Lipinski definition) is 3. The minimum absolute atomic E-state index is 0.176. The topological polar surface area (TPSA) is 50.4 Å². The Kier molecular flexibility index (Phi) is 2.80. The van der Waals surface area contributed by atoms with Gasteiger partial charge in [-0.3, -0.25) is 4.79 Å². The van der Waals surface area contributed by atoms with Crippen molar-refractivity contribution < 1.29 is 9.53 Å². The van der Waals surface area contributed by atoms with Crippen LogP contribution in [0.15, 0.2) is 0 Å². The molecule has 2 fully saturated rings. The Bertz CT molecular complexity index is 188. The molecule has 1 amide bonds. The standard InChI is InChI=1S/C9H16N2O2/c12-9(11-7-1-2-7)3-4-10-8-5-13-6-8/h7-8,10H,1-6H2,(H,11,12). The number of amides is 1. The maximum Gasteiger partial charge on any atom is 0.221 e. The average Bonchev–Trinajstić information content (AvgIpc) is 2.78. The van der Waals surface area contributed by atoms with Crippen molar-refractivity contribution in [3.05, 3.63) is 0 Å². The summed E-state index contributed by atoms with van der Waals surface area (Å²) < 4.78 is 5.00. The van der Waals surface area contributed by atoms with Crippen molar-refractivity contribution in [2.75, 3.05) is 19.8 Å². The monoisotopic (exact) mass is 184 g/mol. The van der Waals surface area contributed by atoms with Gasteiger partial charge in [0.2, 0.25) is 5.91 Å². The van der Waals surface area contributed by atoms with Gasteiger partial charge in [0.15, 0.2) is 0 Å². The predicted octanol–water partition coefficient (Wildman–Crippen LogP) is -0.356. The fourth-order valence-corrected chi connectivity index (χ4v) is 1.27. The smallest absolute Gasteiger partial charge is 0.221 e. The Balaban J connectivity index is 1.48. The summed E-state index contributed by atoms with van der Waals surface area (Å²) in [5, 5.41) is 6.21. The second kappa shape index (κ2) is 4.07. The molecular formula is C9H16N2O2. The maximum absolute atomic E-state index is 11.2. The lowest BCUT2D eigenvalue weighted by Crippen LogP contribution is -2.46. The van der Waals surface area contributed by atoms with Crippen LogP contribution in [0.5, 0.6) is 0 Å². The molecule has 1 heterocycles. The number of hydrogen-bond donors (Lipinski definition) is 2. The lowest BCUT2D eigenvalue weighted by molar-refractivity contribution is -0.121. The first kappa shape index (κ1) is 8.97. The van der Waals surface area contributed by atoms with E-state index < -0.39 is 0 Å². The summed E-state index contributed by atoms with van der Waals surface area (Å²) in [6, 6.07) is 0.966. The van der Waals surface area contributed by atoms with Crippen LogP contribution in [0.1, 0.15) is 19.3 Å². The maximum atomic E-state index is 11.2. The number of nitrogens with one attached hydrogen (secondary N) is 2. The predicted molar refractivity (Wildman–Crippen MR) is 48.4 cm³/mol. The number of carbonyl (C=O) groups is 1. The van der Waals surface area contributed by atoms with Crippen LogP contribution in [0.25, 0.3) is 0 Å². The molecule has 13 heavy (non-hydrogen) atoms. The highest BCUT2D eigenvalue weighted by atomic mass is 16.5. The molecule has 0 radical (unpaired) electrons. The molecule has 4 heteroatoms. The van der Waals surface area contributed by atoms with E-state index in [4.69, 9.17) is 4.74 Å². The molecule has 0 atom stereocenters. The van der Waals surface area contributed by atoms with Gasteiger partial charge in [-0.05, 0) is 12.8 Å². The highest BCUT2D eigenvalue weighted by molar-refractivity contribution is 5.76. The molecule has 2 N–H and O–H groups in total. The zero-order valence-electron chi connectivity index (χ0n) is 7.71. The van der Waals surface area contributed by atoms with Crippen molar-refractivity contribution in [1.82, 2.24) is 10.6 Å². The molecule has 0 spiro atoms. The minimum Gasteiger partial charge on any atom is -0.378 e. The summed E-state index contributed by atoms with van der Waals surface area (Å²) in [7, 11) is 0. The minimum atomic E-state index is 0.176. The first-order valence-corrected chi connectivity index (χ1v) is 4.95. The lowest BCUT2D eigenvalue weighted by Gasteiger charge is -2.26. The average molecular weight is 184 g/mol. The normalized spacial score (nSPS) is 22.5. The van der Waals surface area contributed by atoms with E-state index >= 15 is 0 Å². The highest BCUT2D eigenvalue weighted by Crippen LogP contribution is 2.18. The Morgan fingerprint density at radius 1 is 1.31 bits per heavy atom. The Labute approximate surface area is 78.0 Å². The molecule has 0 bridgehead atoms. The van der Waals surface area contributed by atoms with Crippen molar-refractivity contribution in [3.8, 4) is 0 Å². The van der Waals surface area contributed by atoms with Gasteiger partial charge in [-0.2, -0.15) is 0 Å². The summed E-state index contributed by atoms with van der Waals surface area (Å²) in [5.74, 6) is 0.176. The van der Waals surface area contributed by atoms with Crippen LogP contribution in [0.3, 0.4) is 0 Å². The molecule has 0 aromatic rings. The van der Waals surface area contributed by atoms with Crippen LogP contribution in [0, 0.1) is 0 Å². The van der Waals surface area contributed by atoms with Crippen LogP contribution in [-0.4, -0.2) is 37.7 Å². The van der Waals surface area contributed by atoms with Crippen LogP contribution >= 0.6 is 0 Å². The largest absolute Gasteiger partial charge is 0.378 e. The third-order valence-electron chi connectivity index (χ3n) is 2.37. The highest BCUT2D eigenvalue weighted by Gasteiger charge is 2.23. The number of carbonyl (C=O) groups excluding carboxylic acids is 1. The van der Waals surface area contributed by atoms with Gasteiger partial charge in [0.25, 0.3) is 0 Å². The molecule has 2 aliphatic rings. The zero-order chi connectivity index (χ0) is 9.10. The first-order chi connectivity index (χ1) is 6.34. The first-order valence-electron chi connectivity index (χ1n) is 4.95. The van der Waals surface area contributed by atoms with Crippen molar-refractivity contribution >= 4 is 5.91 Å².